The average Bonchev–Trinajstić information content (AvgIpc) is 2.68. The Kier molecular flexibility index (Phi) is 4.95. The summed E-state index contributed by atoms with van der Waals surface area (Å²) in [5.74, 6) is 4.51. The summed E-state index contributed by atoms with van der Waals surface area (Å²) >= 11 is 1.80. The van der Waals surface area contributed by atoms with Gasteiger partial charge in [-0.25, -0.2) is 0 Å². The van der Waals surface area contributed by atoms with Crippen LogP contribution in [-0.4, -0.2) is 22.6 Å². The minimum atomic E-state index is 0.800. The van der Waals surface area contributed by atoms with Crippen LogP contribution in [0.5, 0.6) is 0 Å². The van der Waals surface area contributed by atoms with Gasteiger partial charge in [0.15, 0.2) is 0 Å². The molecular weight excluding hydrogens is 252 g/mol. The molecule has 0 spiro atoms. The second-order valence-corrected chi connectivity index (χ2v) is 5.69. The molecule has 1 aromatic carbocycles. The predicted molar refractivity (Wildman–Crippen MR) is 85.5 cm³/mol. The van der Waals surface area contributed by atoms with Crippen molar-refractivity contribution < 1.29 is 0 Å². The van der Waals surface area contributed by atoms with E-state index in [-0.39, 0.29) is 0 Å². The largest absolute Gasteiger partial charge is 0.346 e. The number of benzene rings is 1. The number of nitrogens with one attached hydrogen (secondary N) is 1. The Bertz CT molecular complexity index is 554. The highest BCUT2D eigenvalue weighted by molar-refractivity contribution is 7.99. The molecule has 0 aliphatic carbocycles. The van der Waals surface area contributed by atoms with E-state index in [9.17, 15) is 0 Å². The molecule has 0 atom stereocenters. The summed E-state index contributed by atoms with van der Waals surface area (Å²) < 4.78 is 2.28. The molecule has 0 unspecified atom stereocenters. The van der Waals surface area contributed by atoms with Crippen molar-refractivity contribution in [3.63, 3.8) is 0 Å². The maximum absolute atomic E-state index is 5.22. The summed E-state index contributed by atoms with van der Waals surface area (Å²) in [5.41, 5.74) is 4.04. The second kappa shape index (κ2) is 6.70. The van der Waals surface area contributed by atoms with Gasteiger partial charge in [0.05, 0.1) is 5.75 Å². The van der Waals surface area contributed by atoms with Crippen molar-refractivity contribution in [1.82, 2.24) is 9.88 Å². The SMILES string of the molecule is C#CCSCCNCc1c(C)c2ccccc2n1C. The molecule has 1 N–H and O–H groups in total. The van der Waals surface area contributed by atoms with E-state index in [1.807, 2.05) is 0 Å². The fraction of sp³-hybridized carbons (Fsp3) is 0.375. The first-order valence-corrected chi connectivity index (χ1v) is 7.66. The molecule has 100 valence electrons. The van der Waals surface area contributed by atoms with Crippen LogP contribution in [0.1, 0.15) is 11.3 Å². The van der Waals surface area contributed by atoms with Crippen LogP contribution in [0.4, 0.5) is 0 Å². The second-order valence-electron chi connectivity index (χ2n) is 4.58. The Morgan fingerprint density at radius 1 is 1.37 bits per heavy atom. The molecule has 0 saturated carbocycles. The quantitative estimate of drug-likeness (QED) is 0.643. The zero-order chi connectivity index (χ0) is 13.7. The summed E-state index contributed by atoms with van der Waals surface area (Å²) in [6.45, 7) is 4.10. The van der Waals surface area contributed by atoms with E-state index in [2.05, 4.69) is 54.0 Å². The number of nitrogens with zero attached hydrogens (tertiary/aromatic N) is 1. The maximum Gasteiger partial charge on any atom is 0.0545 e. The van der Waals surface area contributed by atoms with Gasteiger partial charge in [0.25, 0.3) is 0 Å². The van der Waals surface area contributed by atoms with Crippen LogP contribution < -0.4 is 5.32 Å². The number of thioether (sulfide) groups is 1. The predicted octanol–water partition coefficient (Wildman–Crippen LogP) is 2.94. The van der Waals surface area contributed by atoms with Gasteiger partial charge in [-0.15, -0.1) is 18.2 Å². The Morgan fingerprint density at radius 2 is 2.16 bits per heavy atom. The molecule has 2 aromatic rings. The standard InChI is InChI=1S/C16H20N2S/c1-4-10-19-11-9-17-12-16-13(2)14-7-5-6-8-15(14)18(16)3/h1,5-8,17H,9-12H2,2-3H3. The van der Waals surface area contributed by atoms with Crippen LogP contribution in [0.2, 0.25) is 0 Å². The highest BCUT2D eigenvalue weighted by Gasteiger charge is 2.10. The number of para-hydroxylation sites is 1. The number of hydrogen-bond donors (Lipinski definition) is 1. The van der Waals surface area contributed by atoms with Crippen molar-refractivity contribution in [3.05, 3.63) is 35.5 Å². The molecule has 0 amide bonds. The first kappa shape index (κ1) is 14.0. The van der Waals surface area contributed by atoms with Gasteiger partial charge in [0.2, 0.25) is 0 Å². The van der Waals surface area contributed by atoms with Crippen molar-refractivity contribution in [2.24, 2.45) is 7.05 Å². The molecular formula is C16H20N2S. The summed E-state index contributed by atoms with van der Waals surface area (Å²) in [5, 5.41) is 4.84. The lowest BCUT2D eigenvalue weighted by molar-refractivity contribution is 0.686. The number of terminal acetylenes is 1. The third kappa shape index (κ3) is 3.15. The molecule has 1 heterocycles. The molecule has 0 aliphatic heterocycles. The lowest BCUT2D eigenvalue weighted by Gasteiger charge is -2.07. The minimum Gasteiger partial charge on any atom is -0.346 e. The van der Waals surface area contributed by atoms with Gasteiger partial charge in [-0.2, -0.15) is 0 Å². The van der Waals surface area contributed by atoms with Gasteiger partial charge < -0.3 is 9.88 Å². The molecule has 2 rings (SSSR count). The lowest BCUT2D eigenvalue weighted by atomic mass is 10.1. The minimum absolute atomic E-state index is 0.800. The van der Waals surface area contributed by atoms with Crippen LogP contribution in [0.15, 0.2) is 24.3 Å². The Labute approximate surface area is 119 Å². The Morgan fingerprint density at radius 3 is 2.89 bits per heavy atom. The van der Waals surface area contributed by atoms with Crippen molar-refractivity contribution in [2.45, 2.75) is 13.5 Å². The average molecular weight is 272 g/mol. The number of rotatable bonds is 6. The van der Waals surface area contributed by atoms with Gasteiger partial charge in [0.1, 0.15) is 0 Å². The van der Waals surface area contributed by atoms with E-state index in [0.717, 1.165) is 24.6 Å². The highest BCUT2D eigenvalue weighted by atomic mass is 32.2. The third-order valence-corrected chi connectivity index (χ3v) is 4.27. The highest BCUT2D eigenvalue weighted by Crippen LogP contribution is 2.24. The van der Waals surface area contributed by atoms with Crippen LogP contribution >= 0.6 is 11.8 Å². The monoisotopic (exact) mass is 272 g/mol. The molecule has 2 nitrogen and oxygen atoms in total. The van der Waals surface area contributed by atoms with E-state index in [1.165, 1.54) is 22.2 Å². The molecule has 1 aromatic heterocycles. The van der Waals surface area contributed by atoms with E-state index in [0.29, 0.717) is 0 Å². The van der Waals surface area contributed by atoms with Gasteiger partial charge in [-0.1, -0.05) is 24.1 Å². The van der Waals surface area contributed by atoms with Crippen LogP contribution in [0.25, 0.3) is 10.9 Å². The molecule has 0 saturated heterocycles. The number of fused-ring (bicyclic) bond motifs is 1. The number of aromatic nitrogens is 1. The molecule has 0 radical (unpaired) electrons. The number of aryl methyl sites for hydroxylation is 2. The van der Waals surface area contributed by atoms with Crippen LogP contribution in [0, 0.1) is 19.3 Å². The molecule has 0 bridgehead atoms. The summed E-state index contributed by atoms with van der Waals surface area (Å²) in [6, 6.07) is 8.56. The van der Waals surface area contributed by atoms with E-state index < -0.39 is 0 Å². The van der Waals surface area contributed by atoms with E-state index in [1.54, 1.807) is 11.8 Å². The smallest absolute Gasteiger partial charge is 0.0545 e. The fourth-order valence-electron chi connectivity index (χ4n) is 2.37. The van der Waals surface area contributed by atoms with E-state index in [4.69, 9.17) is 6.42 Å². The van der Waals surface area contributed by atoms with Gasteiger partial charge >= 0.3 is 0 Å². The summed E-state index contributed by atoms with van der Waals surface area (Å²) in [6.07, 6.45) is 5.22. The van der Waals surface area contributed by atoms with Crippen molar-refractivity contribution >= 4 is 22.7 Å². The zero-order valence-corrected chi connectivity index (χ0v) is 12.4. The van der Waals surface area contributed by atoms with Crippen molar-refractivity contribution in [3.8, 4) is 12.3 Å². The molecule has 0 fully saturated rings. The maximum atomic E-state index is 5.22. The van der Waals surface area contributed by atoms with E-state index >= 15 is 0 Å². The zero-order valence-electron chi connectivity index (χ0n) is 11.6. The summed E-state index contributed by atoms with van der Waals surface area (Å²) in [4.78, 5) is 0. The topological polar surface area (TPSA) is 17.0 Å². The van der Waals surface area contributed by atoms with Crippen LogP contribution in [-0.2, 0) is 13.6 Å². The van der Waals surface area contributed by atoms with Crippen LogP contribution in [0.3, 0.4) is 0 Å². The first-order valence-electron chi connectivity index (χ1n) is 6.50. The van der Waals surface area contributed by atoms with Crippen molar-refractivity contribution in [1.29, 1.82) is 0 Å². The normalized spacial score (nSPS) is 10.8. The number of hydrogen-bond acceptors (Lipinski definition) is 2. The molecule has 19 heavy (non-hydrogen) atoms. The lowest BCUT2D eigenvalue weighted by Crippen LogP contribution is -2.19. The Hall–Kier alpha value is -1.37. The van der Waals surface area contributed by atoms with Gasteiger partial charge in [-0.3, -0.25) is 0 Å². The van der Waals surface area contributed by atoms with Gasteiger partial charge in [0, 0.05) is 42.5 Å². The molecule has 0 aliphatic rings. The summed E-state index contributed by atoms with van der Waals surface area (Å²) in [7, 11) is 2.14. The third-order valence-electron chi connectivity index (χ3n) is 3.41. The first-order chi connectivity index (χ1) is 9.25. The van der Waals surface area contributed by atoms with Gasteiger partial charge in [-0.05, 0) is 18.6 Å². The van der Waals surface area contributed by atoms with Crippen molar-refractivity contribution in [2.75, 3.05) is 18.1 Å². The Balaban J connectivity index is 1.99. The molecule has 3 heteroatoms. The fourth-order valence-corrected chi connectivity index (χ4v) is 2.92.